The smallest absolute Gasteiger partial charge is 0.125 e. The third kappa shape index (κ3) is 1.37. The summed E-state index contributed by atoms with van der Waals surface area (Å²) in [5.74, 6) is 0. The molecule has 1 unspecified atom stereocenters. The molecule has 74 valence electrons. The fourth-order valence-corrected chi connectivity index (χ4v) is 1.74. The van der Waals surface area contributed by atoms with Gasteiger partial charge in [-0.05, 0) is 6.07 Å². The first-order valence-electron chi connectivity index (χ1n) is 4.21. The minimum Gasteiger partial charge on any atom is -0.394 e. The van der Waals surface area contributed by atoms with E-state index in [9.17, 15) is 5.11 Å². The maximum absolute atomic E-state index is 9.34. The van der Waals surface area contributed by atoms with Crippen LogP contribution in [0.5, 0.6) is 0 Å². The zero-order chi connectivity index (χ0) is 10.0. The van der Waals surface area contributed by atoms with Gasteiger partial charge in [-0.1, -0.05) is 29.8 Å². The van der Waals surface area contributed by atoms with Crippen molar-refractivity contribution in [3.05, 3.63) is 34.9 Å². The number of hydrazone groups is 1. The molecule has 1 aromatic rings. The Kier molecular flexibility index (Phi) is 2.41. The summed E-state index contributed by atoms with van der Waals surface area (Å²) in [7, 11) is 0. The van der Waals surface area contributed by atoms with Crippen LogP contribution in [0.4, 0.5) is 0 Å². The lowest BCUT2D eigenvalue weighted by Gasteiger charge is -2.24. The lowest BCUT2D eigenvalue weighted by molar-refractivity contribution is 0.210. The molecule has 0 saturated carbocycles. The Labute approximate surface area is 86.6 Å². The Balaban J connectivity index is 2.46. The molecule has 0 amide bonds. The molecular weight excluding hydrogens is 202 g/mol. The Hall–Kier alpha value is -1.10. The molecule has 1 aliphatic rings. The first-order valence-corrected chi connectivity index (χ1v) is 4.58. The molecule has 5 heteroatoms. The van der Waals surface area contributed by atoms with Crippen LogP contribution >= 0.6 is 11.6 Å². The second-order valence-electron chi connectivity index (χ2n) is 3.10. The summed E-state index contributed by atoms with van der Waals surface area (Å²) >= 11 is 6.03. The Bertz CT molecular complexity index is 369. The molecule has 0 spiro atoms. The highest BCUT2D eigenvalue weighted by molar-refractivity contribution is 6.31. The molecule has 14 heavy (non-hydrogen) atoms. The Morgan fingerprint density at radius 2 is 2.21 bits per heavy atom. The summed E-state index contributed by atoms with van der Waals surface area (Å²) in [6.07, 6.45) is 1.61. The summed E-state index contributed by atoms with van der Waals surface area (Å²) in [6.45, 7) is -0.104. The van der Waals surface area contributed by atoms with Crippen molar-refractivity contribution in [2.75, 3.05) is 6.61 Å². The van der Waals surface area contributed by atoms with Crippen molar-refractivity contribution in [2.24, 2.45) is 5.10 Å². The molecule has 0 aliphatic carbocycles. The van der Waals surface area contributed by atoms with E-state index >= 15 is 0 Å². The van der Waals surface area contributed by atoms with E-state index in [0.717, 1.165) is 5.56 Å². The fraction of sp³-hybridized carbons (Fsp3) is 0.222. The van der Waals surface area contributed by atoms with Crippen molar-refractivity contribution in [1.82, 2.24) is 11.0 Å². The lowest BCUT2D eigenvalue weighted by atomic mass is 9.93. The number of hydrazine groups is 1. The lowest BCUT2D eigenvalue weighted by Crippen LogP contribution is -2.47. The summed E-state index contributed by atoms with van der Waals surface area (Å²) in [4.78, 5) is 0. The van der Waals surface area contributed by atoms with Gasteiger partial charge in [-0.3, -0.25) is 0 Å². The summed E-state index contributed by atoms with van der Waals surface area (Å²) in [6, 6.07) is 7.34. The average molecular weight is 212 g/mol. The maximum atomic E-state index is 9.34. The molecule has 2 rings (SSSR count). The van der Waals surface area contributed by atoms with Crippen molar-refractivity contribution in [3.63, 3.8) is 0 Å². The van der Waals surface area contributed by atoms with E-state index < -0.39 is 5.54 Å². The molecule has 1 heterocycles. The van der Waals surface area contributed by atoms with Crippen LogP contribution in [0.3, 0.4) is 0 Å². The van der Waals surface area contributed by atoms with Gasteiger partial charge < -0.3 is 5.11 Å². The van der Waals surface area contributed by atoms with Crippen LogP contribution in [0.1, 0.15) is 5.56 Å². The van der Waals surface area contributed by atoms with Crippen molar-refractivity contribution >= 4 is 17.8 Å². The molecule has 1 atom stereocenters. The zero-order valence-corrected chi connectivity index (χ0v) is 8.12. The van der Waals surface area contributed by atoms with Crippen molar-refractivity contribution in [1.29, 1.82) is 0 Å². The van der Waals surface area contributed by atoms with E-state index in [1.807, 2.05) is 18.2 Å². The number of hydrogen-bond donors (Lipinski definition) is 3. The topological polar surface area (TPSA) is 56.7 Å². The summed E-state index contributed by atoms with van der Waals surface area (Å²) in [5.41, 5.74) is 5.55. The van der Waals surface area contributed by atoms with Crippen molar-refractivity contribution < 1.29 is 5.11 Å². The minimum atomic E-state index is -0.710. The molecule has 3 N–H and O–H groups in total. The van der Waals surface area contributed by atoms with Gasteiger partial charge in [0.05, 0.1) is 12.8 Å². The zero-order valence-electron chi connectivity index (χ0n) is 7.37. The first kappa shape index (κ1) is 9.45. The number of rotatable bonds is 2. The van der Waals surface area contributed by atoms with E-state index in [4.69, 9.17) is 11.6 Å². The van der Waals surface area contributed by atoms with Crippen molar-refractivity contribution in [3.8, 4) is 0 Å². The van der Waals surface area contributed by atoms with Crippen LogP contribution in [0.2, 0.25) is 5.02 Å². The second-order valence-corrected chi connectivity index (χ2v) is 3.51. The minimum absolute atomic E-state index is 0.104. The van der Waals surface area contributed by atoms with E-state index in [2.05, 4.69) is 16.1 Å². The number of aliphatic hydroxyl groups excluding tert-OH is 1. The van der Waals surface area contributed by atoms with E-state index in [1.165, 1.54) is 0 Å². The van der Waals surface area contributed by atoms with Gasteiger partial charge >= 0.3 is 0 Å². The third-order valence-corrected chi connectivity index (χ3v) is 2.56. The molecule has 0 aromatic heterocycles. The first-order chi connectivity index (χ1) is 6.78. The number of hydrogen-bond acceptors (Lipinski definition) is 4. The number of nitrogens with one attached hydrogen (secondary N) is 2. The van der Waals surface area contributed by atoms with Crippen molar-refractivity contribution in [2.45, 2.75) is 5.54 Å². The highest BCUT2D eigenvalue weighted by Crippen LogP contribution is 2.27. The molecule has 1 aliphatic heterocycles. The Morgan fingerprint density at radius 3 is 2.79 bits per heavy atom. The van der Waals surface area contributed by atoms with Gasteiger partial charge in [0.25, 0.3) is 0 Å². The standard InChI is InChI=1S/C9H10ClN3O/c10-8-4-2-1-3-7(8)9(6-14)5-11-13-12-9/h1-5,12-14H,6H2. The van der Waals surface area contributed by atoms with Gasteiger partial charge in [0, 0.05) is 10.6 Å². The maximum Gasteiger partial charge on any atom is 0.125 e. The highest BCUT2D eigenvalue weighted by Gasteiger charge is 2.34. The van der Waals surface area contributed by atoms with Crippen LogP contribution in [-0.4, -0.2) is 17.9 Å². The average Bonchev–Trinajstić information content (AvgIpc) is 2.68. The predicted octanol–water partition coefficient (Wildman–Crippen LogP) is 0.621. The van der Waals surface area contributed by atoms with Gasteiger partial charge in [0.15, 0.2) is 0 Å². The number of benzene rings is 1. The molecule has 0 bridgehead atoms. The van der Waals surface area contributed by atoms with E-state index in [1.54, 1.807) is 12.3 Å². The summed E-state index contributed by atoms with van der Waals surface area (Å²) < 4.78 is 0. The number of nitrogens with zero attached hydrogens (tertiary/aromatic N) is 1. The van der Waals surface area contributed by atoms with Gasteiger partial charge in [0.1, 0.15) is 5.54 Å². The van der Waals surface area contributed by atoms with Gasteiger partial charge in [-0.2, -0.15) is 5.10 Å². The summed E-state index contributed by atoms with van der Waals surface area (Å²) in [5, 5.41) is 13.8. The fourth-order valence-electron chi connectivity index (χ4n) is 1.43. The number of halogens is 1. The molecular formula is C9H10ClN3O. The predicted molar refractivity (Wildman–Crippen MR) is 55.0 cm³/mol. The van der Waals surface area contributed by atoms with Crippen LogP contribution in [0, 0.1) is 0 Å². The monoisotopic (exact) mass is 211 g/mol. The Morgan fingerprint density at radius 1 is 1.43 bits per heavy atom. The quantitative estimate of drug-likeness (QED) is 0.672. The molecule has 0 fully saturated rings. The molecule has 1 aromatic carbocycles. The van der Waals surface area contributed by atoms with Crippen LogP contribution in [0.25, 0.3) is 0 Å². The van der Waals surface area contributed by atoms with Gasteiger partial charge in [0.2, 0.25) is 0 Å². The SMILES string of the molecule is OCC1(c2ccccc2Cl)C=NNN1. The molecule has 0 saturated heterocycles. The normalized spacial score (nSPS) is 25.0. The van der Waals surface area contributed by atoms with Crippen LogP contribution in [0.15, 0.2) is 29.4 Å². The largest absolute Gasteiger partial charge is 0.394 e. The van der Waals surface area contributed by atoms with Gasteiger partial charge in [-0.25, -0.2) is 11.0 Å². The van der Waals surface area contributed by atoms with Gasteiger partial charge in [-0.15, -0.1) is 0 Å². The molecule has 4 nitrogen and oxygen atoms in total. The van der Waals surface area contributed by atoms with E-state index in [-0.39, 0.29) is 6.61 Å². The second kappa shape index (κ2) is 3.57. The van der Waals surface area contributed by atoms with Crippen LogP contribution in [-0.2, 0) is 5.54 Å². The van der Waals surface area contributed by atoms with Crippen LogP contribution < -0.4 is 11.0 Å². The third-order valence-electron chi connectivity index (χ3n) is 2.23. The molecule has 0 radical (unpaired) electrons. The highest BCUT2D eigenvalue weighted by atomic mass is 35.5. The number of aliphatic hydroxyl groups is 1. The van der Waals surface area contributed by atoms with E-state index in [0.29, 0.717) is 5.02 Å².